The van der Waals surface area contributed by atoms with E-state index in [1.165, 1.54) is 22.9 Å². The molecular formula is C18H15ClN6O3. The van der Waals surface area contributed by atoms with E-state index >= 15 is 0 Å². The van der Waals surface area contributed by atoms with Crippen molar-refractivity contribution in [3.63, 3.8) is 0 Å². The molecule has 0 atom stereocenters. The van der Waals surface area contributed by atoms with Crippen LogP contribution in [0.2, 0.25) is 5.02 Å². The molecule has 1 heterocycles. The Labute approximate surface area is 164 Å². The maximum absolute atomic E-state index is 12.2. The maximum atomic E-state index is 12.2. The van der Waals surface area contributed by atoms with Crippen LogP contribution in [-0.2, 0) is 0 Å². The molecule has 2 aromatic carbocycles. The van der Waals surface area contributed by atoms with Crippen molar-refractivity contribution in [1.29, 1.82) is 0 Å². The minimum absolute atomic E-state index is 0.0480. The summed E-state index contributed by atoms with van der Waals surface area (Å²) in [6.07, 6.45) is 0. The molecule has 1 amide bonds. The summed E-state index contributed by atoms with van der Waals surface area (Å²) >= 11 is 5.88. The first-order valence-corrected chi connectivity index (χ1v) is 8.52. The van der Waals surface area contributed by atoms with Crippen LogP contribution in [0, 0.1) is 17.0 Å². The lowest BCUT2D eigenvalue weighted by molar-refractivity contribution is -0.384. The van der Waals surface area contributed by atoms with Gasteiger partial charge in [-0.15, -0.1) is 5.10 Å². The van der Waals surface area contributed by atoms with E-state index in [-0.39, 0.29) is 5.69 Å². The van der Waals surface area contributed by atoms with E-state index in [0.29, 0.717) is 33.4 Å². The van der Waals surface area contributed by atoms with Gasteiger partial charge in [0.1, 0.15) is 5.69 Å². The average Bonchev–Trinajstić information content (AvgIpc) is 3.07. The van der Waals surface area contributed by atoms with Gasteiger partial charge in [0.25, 0.3) is 11.6 Å². The first-order chi connectivity index (χ1) is 13.4. The van der Waals surface area contributed by atoms with Crippen molar-refractivity contribution in [3.8, 4) is 5.69 Å². The molecule has 0 radical (unpaired) electrons. The molecular weight excluding hydrogens is 384 g/mol. The van der Waals surface area contributed by atoms with Crippen molar-refractivity contribution in [2.75, 3.05) is 0 Å². The lowest BCUT2D eigenvalue weighted by Crippen LogP contribution is -2.19. The number of hydrazone groups is 1. The maximum Gasteiger partial charge on any atom is 0.271 e. The van der Waals surface area contributed by atoms with Gasteiger partial charge in [-0.05, 0) is 38.1 Å². The lowest BCUT2D eigenvalue weighted by Gasteiger charge is -2.04. The van der Waals surface area contributed by atoms with E-state index in [9.17, 15) is 14.9 Å². The molecule has 0 bridgehead atoms. The second-order valence-electron chi connectivity index (χ2n) is 5.86. The van der Waals surface area contributed by atoms with Gasteiger partial charge >= 0.3 is 0 Å². The molecule has 0 fully saturated rings. The average molecular weight is 399 g/mol. The van der Waals surface area contributed by atoms with Gasteiger partial charge in [-0.25, -0.2) is 10.1 Å². The lowest BCUT2D eigenvalue weighted by atomic mass is 10.2. The van der Waals surface area contributed by atoms with Crippen LogP contribution in [0.1, 0.15) is 28.7 Å². The van der Waals surface area contributed by atoms with Crippen LogP contribution in [0.15, 0.2) is 53.6 Å². The van der Waals surface area contributed by atoms with Crippen molar-refractivity contribution in [2.45, 2.75) is 13.8 Å². The first-order valence-electron chi connectivity index (χ1n) is 8.14. The molecule has 10 heteroatoms. The van der Waals surface area contributed by atoms with Crippen molar-refractivity contribution in [3.05, 3.63) is 80.6 Å². The quantitative estimate of drug-likeness (QED) is 0.402. The fourth-order valence-corrected chi connectivity index (χ4v) is 2.72. The Morgan fingerprint density at radius 2 is 2.00 bits per heavy atom. The van der Waals surface area contributed by atoms with Gasteiger partial charge < -0.3 is 0 Å². The predicted molar refractivity (Wildman–Crippen MR) is 104 cm³/mol. The second-order valence-corrected chi connectivity index (χ2v) is 6.30. The number of aromatic nitrogens is 3. The summed E-state index contributed by atoms with van der Waals surface area (Å²) in [4.78, 5) is 22.6. The summed E-state index contributed by atoms with van der Waals surface area (Å²) in [7, 11) is 0. The number of non-ortho nitro benzene ring substituents is 1. The Hall–Kier alpha value is -3.59. The number of nitro groups is 1. The smallest absolute Gasteiger partial charge is 0.267 e. The van der Waals surface area contributed by atoms with E-state index < -0.39 is 10.8 Å². The van der Waals surface area contributed by atoms with Crippen molar-refractivity contribution in [1.82, 2.24) is 20.4 Å². The minimum atomic E-state index is -0.477. The molecule has 0 aliphatic carbocycles. The monoisotopic (exact) mass is 398 g/mol. The number of nitrogens with one attached hydrogen (secondary N) is 1. The summed E-state index contributed by atoms with van der Waals surface area (Å²) in [5.74, 6) is -0.412. The molecule has 0 unspecified atom stereocenters. The summed E-state index contributed by atoms with van der Waals surface area (Å²) in [5, 5.41) is 23.6. The molecule has 28 heavy (non-hydrogen) atoms. The summed E-state index contributed by atoms with van der Waals surface area (Å²) in [5.41, 5.74) is 4.79. The fraction of sp³-hybridized carbons (Fsp3) is 0.111. The number of amides is 1. The highest BCUT2D eigenvalue weighted by molar-refractivity contribution is 6.30. The van der Waals surface area contributed by atoms with Crippen LogP contribution in [0.4, 0.5) is 5.69 Å². The molecule has 3 rings (SSSR count). The highest BCUT2D eigenvalue weighted by Gasteiger charge is 2.15. The zero-order valence-electron chi connectivity index (χ0n) is 15.0. The van der Waals surface area contributed by atoms with Gasteiger partial charge in [0.15, 0.2) is 0 Å². The molecule has 3 aromatic rings. The van der Waals surface area contributed by atoms with Crippen LogP contribution in [0.5, 0.6) is 0 Å². The highest BCUT2D eigenvalue weighted by Crippen LogP contribution is 2.18. The van der Waals surface area contributed by atoms with Crippen LogP contribution in [-0.4, -0.2) is 31.5 Å². The van der Waals surface area contributed by atoms with E-state index in [4.69, 9.17) is 11.6 Å². The molecule has 9 nitrogen and oxygen atoms in total. The topological polar surface area (TPSA) is 115 Å². The Bertz CT molecular complexity index is 1090. The van der Waals surface area contributed by atoms with Crippen molar-refractivity contribution in [2.24, 2.45) is 5.10 Å². The van der Waals surface area contributed by atoms with Crippen molar-refractivity contribution < 1.29 is 9.72 Å². The van der Waals surface area contributed by atoms with Gasteiger partial charge in [-0.3, -0.25) is 14.9 Å². The number of carbonyl (C=O) groups excluding carboxylic acids is 1. The van der Waals surface area contributed by atoms with E-state index in [1.807, 2.05) is 0 Å². The van der Waals surface area contributed by atoms with Gasteiger partial charge in [0, 0.05) is 22.7 Å². The van der Waals surface area contributed by atoms with E-state index in [0.717, 1.165) is 0 Å². The Morgan fingerprint density at radius 1 is 1.25 bits per heavy atom. The fourth-order valence-electron chi connectivity index (χ4n) is 2.53. The molecule has 1 N–H and O–H groups in total. The van der Waals surface area contributed by atoms with Crippen LogP contribution < -0.4 is 5.43 Å². The SMILES string of the molecule is CC(=NNC(=O)c1cccc(Cl)c1)c1nnn(-c2cccc([N+](=O)[O-])c2)c1C. The number of hydrogen-bond acceptors (Lipinski definition) is 6. The van der Waals surface area contributed by atoms with Crippen LogP contribution >= 0.6 is 11.6 Å². The Balaban J connectivity index is 1.83. The molecule has 0 aliphatic rings. The molecule has 0 saturated carbocycles. The van der Waals surface area contributed by atoms with Gasteiger partial charge in [-0.1, -0.05) is 28.9 Å². The number of benzene rings is 2. The summed E-state index contributed by atoms with van der Waals surface area (Å²) < 4.78 is 1.47. The van der Waals surface area contributed by atoms with Gasteiger partial charge in [-0.2, -0.15) is 5.10 Å². The third-order valence-corrected chi connectivity index (χ3v) is 4.17. The summed E-state index contributed by atoms with van der Waals surface area (Å²) in [6.45, 7) is 3.43. The number of nitro benzene ring substituents is 1. The molecule has 0 spiro atoms. The van der Waals surface area contributed by atoms with E-state index in [1.54, 1.807) is 44.2 Å². The minimum Gasteiger partial charge on any atom is -0.267 e. The molecule has 142 valence electrons. The standard InChI is InChI=1S/C18H15ClN6O3/c1-11(20-22-18(26)13-5-3-6-14(19)9-13)17-12(2)24(23-21-17)15-7-4-8-16(10-15)25(27)28/h3-10H,1-2H3,(H,22,26). The highest BCUT2D eigenvalue weighted by atomic mass is 35.5. The van der Waals surface area contributed by atoms with Crippen molar-refractivity contribution >= 4 is 28.9 Å². The molecule has 1 aromatic heterocycles. The number of nitrogens with zero attached hydrogens (tertiary/aromatic N) is 5. The zero-order valence-corrected chi connectivity index (χ0v) is 15.7. The Morgan fingerprint density at radius 3 is 2.71 bits per heavy atom. The number of carbonyl (C=O) groups is 1. The first kappa shape index (κ1) is 19.2. The zero-order chi connectivity index (χ0) is 20.3. The van der Waals surface area contributed by atoms with Gasteiger partial charge in [0.2, 0.25) is 0 Å². The normalized spacial score (nSPS) is 11.3. The second kappa shape index (κ2) is 7.97. The Kier molecular flexibility index (Phi) is 5.46. The van der Waals surface area contributed by atoms with Crippen LogP contribution in [0.3, 0.4) is 0 Å². The molecule has 0 aliphatic heterocycles. The summed E-state index contributed by atoms with van der Waals surface area (Å²) in [6, 6.07) is 12.5. The number of halogens is 1. The third-order valence-electron chi connectivity index (χ3n) is 3.93. The molecule has 0 saturated heterocycles. The largest absolute Gasteiger partial charge is 0.271 e. The van der Waals surface area contributed by atoms with E-state index in [2.05, 4.69) is 20.8 Å². The third kappa shape index (κ3) is 4.04. The number of hydrogen-bond donors (Lipinski definition) is 1. The van der Waals surface area contributed by atoms with Gasteiger partial charge in [0.05, 0.1) is 22.0 Å². The number of rotatable bonds is 5. The van der Waals surface area contributed by atoms with Crippen LogP contribution in [0.25, 0.3) is 5.69 Å². The predicted octanol–water partition coefficient (Wildman–Crippen LogP) is 3.29.